The van der Waals surface area contributed by atoms with E-state index >= 15 is 0 Å². The summed E-state index contributed by atoms with van der Waals surface area (Å²) < 4.78 is 16.2. The summed E-state index contributed by atoms with van der Waals surface area (Å²) in [6.07, 6.45) is 3.48. The first-order chi connectivity index (χ1) is 17.8. The zero-order chi connectivity index (χ0) is 26.1. The van der Waals surface area contributed by atoms with Crippen LogP contribution in [0.1, 0.15) is 16.7 Å². The molecule has 3 amide bonds. The van der Waals surface area contributed by atoms with E-state index in [1.165, 1.54) is 6.07 Å². The van der Waals surface area contributed by atoms with Gasteiger partial charge >= 0.3 is 0 Å². The Kier molecular flexibility index (Phi) is 6.86. The molecule has 0 unspecified atom stereocenters. The van der Waals surface area contributed by atoms with E-state index in [4.69, 9.17) is 11.6 Å². The van der Waals surface area contributed by atoms with E-state index in [0.29, 0.717) is 22.8 Å². The van der Waals surface area contributed by atoms with Crippen molar-refractivity contribution in [2.45, 2.75) is 13.5 Å². The highest BCUT2D eigenvalue weighted by molar-refractivity contribution is 8.18. The first-order valence-electron chi connectivity index (χ1n) is 11.4. The monoisotopic (exact) mass is 533 g/mol. The minimum atomic E-state index is -0.543. The van der Waals surface area contributed by atoms with Gasteiger partial charge < -0.3 is 9.88 Å². The Balaban J connectivity index is 1.38. The summed E-state index contributed by atoms with van der Waals surface area (Å²) in [6, 6.07) is 19.2. The molecule has 1 aliphatic heterocycles. The molecule has 1 aliphatic rings. The van der Waals surface area contributed by atoms with Gasteiger partial charge in [-0.2, -0.15) is 0 Å². The smallest absolute Gasteiger partial charge is 0.294 e. The van der Waals surface area contributed by atoms with Crippen LogP contribution in [0.4, 0.5) is 14.9 Å². The third-order valence-electron chi connectivity index (χ3n) is 6.05. The van der Waals surface area contributed by atoms with E-state index in [9.17, 15) is 18.8 Å². The number of amides is 3. The Labute approximate surface area is 221 Å². The third-order valence-corrected chi connectivity index (χ3v) is 7.20. The van der Waals surface area contributed by atoms with Crippen LogP contribution in [0.2, 0.25) is 5.02 Å². The summed E-state index contributed by atoms with van der Waals surface area (Å²) in [4.78, 5) is 39.4. The standard InChI is InChI=1S/C28H21ClFN3O3S/c1-17-10-11-20(29)13-23(17)31-26(34)16-33-27(35)25(37-28(33)36)12-19-15-32(24-9-5-3-7-21(19)24)14-18-6-2-4-8-22(18)30/h2-13,15H,14,16H2,1H3,(H,31,34)/b25-12-. The number of thioether (sulfide) groups is 1. The minimum absolute atomic E-state index is 0.213. The molecule has 4 aromatic rings. The molecule has 0 atom stereocenters. The van der Waals surface area contributed by atoms with Gasteiger partial charge in [-0.05, 0) is 54.6 Å². The molecule has 0 radical (unpaired) electrons. The van der Waals surface area contributed by atoms with Gasteiger partial charge in [0.05, 0.1) is 11.4 Å². The number of hydrogen-bond acceptors (Lipinski definition) is 4. The fourth-order valence-corrected chi connectivity index (χ4v) is 5.17. The molecule has 1 aromatic heterocycles. The fraction of sp³-hybridized carbons (Fsp3) is 0.107. The van der Waals surface area contributed by atoms with E-state index in [-0.39, 0.29) is 10.7 Å². The van der Waals surface area contributed by atoms with Gasteiger partial charge in [0.25, 0.3) is 11.1 Å². The van der Waals surface area contributed by atoms with Gasteiger partial charge in [-0.1, -0.05) is 54.1 Å². The SMILES string of the molecule is Cc1ccc(Cl)cc1NC(=O)CN1C(=O)S/C(=C\c2cn(Cc3ccccc3F)c3ccccc23)C1=O. The number of hydrogen-bond donors (Lipinski definition) is 1. The molecule has 0 aliphatic carbocycles. The second kappa shape index (κ2) is 10.2. The fourth-order valence-electron chi connectivity index (χ4n) is 4.17. The second-order valence-electron chi connectivity index (χ2n) is 8.60. The molecule has 3 aromatic carbocycles. The van der Waals surface area contributed by atoms with Crippen molar-refractivity contribution in [2.24, 2.45) is 0 Å². The first-order valence-corrected chi connectivity index (χ1v) is 12.6. The highest BCUT2D eigenvalue weighted by Gasteiger charge is 2.36. The van der Waals surface area contributed by atoms with Gasteiger partial charge in [0.2, 0.25) is 5.91 Å². The summed E-state index contributed by atoms with van der Waals surface area (Å²) in [5.74, 6) is -1.34. The Morgan fingerprint density at radius 2 is 1.84 bits per heavy atom. The molecular formula is C28H21ClFN3O3S. The lowest BCUT2D eigenvalue weighted by molar-refractivity contribution is -0.127. The van der Waals surface area contributed by atoms with E-state index in [1.54, 1.807) is 42.5 Å². The maximum absolute atomic E-state index is 14.3. The second-order valence-corrected chi connectivity index (χ2v) is 10.0. The van der Waals surface area contributed by atoms with Crippen molar-refractivity contribution in [3.8, 4) is 0 Å². The van der Waals surface area contributed by atoms with Gasteiger partial charge in [-0.25, -0.2) is 4.39 Å². The van der Waals surface area contributed by atoms with Crippen molar-refractivity contribution < 1.29 is 18.8 Å². The van der Waals surface area contributed by atoms with Crippen LogP contribution in [-0.2, 0) is 16.1 Å². The number of nitrogens with one attached hydrogen (secondary N) is 1. The average molecular weight is 534 g/mol. The summed E-state index contributed by atoms with van der Waals surface area (Å²) in [7, 11) is 0. The van der Waals surface area contributed by atoms with Gasteiger partial charge in [-0.15, -0.1) is 0 Å². The van der Waals surface area contributed by atoms with E-state index < -0.39 is 23.6 Å². The zero-order valence-electron chi connectivity index (χ0n) is 19.7. The predicted molar refractivity (Wildman–Crippen MR) is 145 cm³/mol. The van der Waals surface area contributed by atoms with Crippen molar-refractivity contribution in [1.82, 2.24) is 9.47 Å². The maximum Gasteiger partial charge on any atom is 0.294 e. The normalized spacial score (nSPS) is 14.7. The molecule has 0 bridgehead atoms. The number of rotatable bonds is 6. The summed E-state index contributed by atoms with van der Waals surface area (Å²) in [5.41, 5.74) is 3.45. The van der Waals surface area contributed by atoms with Gasteiger partial charge in [-0.3, -0.25) is 19.3 Å². The van der Waals surface area contributed by atoms with Crippen molar-refractivity contribution in [2.75, 3.05) is 11.9 Å². The van der Waals surface area contributed by atoms with Crippen LogP contribution in [0.15, 0.2) is 77.8 Å². The van der Waals surface area contributed by atoms with E-state index in [0.717, 1.165) is 38.7 Å². The average Bonchev–Trinajstić information content (AvgIpc) is 3.35. The van der Waals surface area contributed by atoms with Crippen LogP contribution in [0.3, 0.4) is 0 Å². The molecule has 1 fully saturated rings. The van der Waals surface area contributed by atoms with Crippen molar-refractivity contribution in [3.63, 3.8) is 0 Å². The number of anilines is 1. The molecule has 9 heteroatoms. The number of para-hydroxylation sites is 1. The molecule has 5 rings (SSSR count). The summed E-state index contributed by atoms with van der Waals surface area (Å²) in [6.45, 7) is 1.71. The zero-order valence-corrected chi connectivity index (χ0v) is 21.3. The van der Waals surface area contributed by atoms with Crippen LogP contribution in [0.5, 0.6) is 0 Å². The Morgan fingerprint density at radius 1 is 1.08 bits per heavy atom. The van der Waals surface area contributed by atoms with Crippen LogP contribution in [0, 0.1) is 12.7 Å². The largest absolute Gasteiger partial charge is 0.342 e. The molecule has 2 heterocycles. The predicted octanol–water partition coefficient (Wildman–Crippen LogP) is 6.47. The van der Waals surface area contributed by atoms with Crippen molar-refractivity contribution >= 4 is 63.1 Å². The lowest BCUT2D eigenvalue weighted by atomic mass is 10.1. The van der Waals surface area contributed by atoms with Gasteiger partial charge in [0.1, 0.15) is 12.4 Å². The molecule has 186 valence electrons. The summed E-state index contributed by atoms with van der Waals surface area (Å²) in [5, 5.41) is 3.51. The molecule has 37 heavy (non-hydrogen) atoms. The van der Waals surface area contributed by atoms with Crippen LogP contribution in [-0.4, -0.2) is 33.1 Å². The molecule has 1 N–H and O–H groups in total. The first kappa shape index (κ1) is 24.8. The number of fused-ring (bicyclic) bond motifs is 1. The van der Waals surface area contributed by atoms with E-state index in [1.807, 2.05) is 42.0 Å². The number of halogens is 2. The quantitative estimate of drug-likeness (QED) is 0.288. The Hall–Kier alpha value is -3.88. The molecular weight excluding hydrogens is 513 g/mol. The number of carbonyl (C=O) groups excluding carboxylic acids is 3. The maximum atomic E-state index is 14.3. The molecule has 0 saturated carbocycles. The Morgan fingerprint density at radius 3 is 2.65 bits per heavy atom. The number of carbonyl (C=O) groups is 3. The molecule has 0 spiro atoms. The number of benzene rings is 3. The molecule has 6 nitrogen and oxygen atoms in total. The number of imide groups is 1. The van der Waals surface area contributed by atoms with E-state index in [2.05, 4.69) is 5.32 Å². The lowest BCUT2D eigenvalue weighted by Gasteiger charge is -2.13. The van der Waals surface area contributed by atoms with Crippen molar-refractivity contribution in [1.29, 1.82) is 0 Å². The van der Waals surface area contributed by atoms with Crippen LogP contribution < -0.4 is 5.32 Å². The minimum Gasteiger partial charge on any atom is -0.342 e. The van der Waals surface area contributed by atoms with Gasteiger partial charge in [0.15, 0.2) is 0 Å². The lowest BCUT2D eigenvalue weighted by Crippen LogP contribution is -2.36. The van der Waals surface area contributed by atoms with Crippen LogP contribution in [0.25, 0.3) is 17.0 Å². The van der Waals surface area contributed by atoms with Gasteiger partial charge in [0, 0.05) is 38.9 Å². The highest BCUT2D eigenvalue weighted by Crippen LogP contribution is 2.34. The highest BCUT2D eigenvalue weighted by atomic mass is 35.5. The van der Waals surface area contributed by atoms with Crippen LogP contribution >= 0.6 is 23.4 Å². The number of aromatic nitrogens is 1. The molecule has 1 saturated heterocycles. The third kappa shape index (κ3) is 5.16. The number of aryl methyl sites for hydroxylation is 1. The summed E-state index contributed by atoms with van der Waals surface area (Å²) >= 11 is 6.79. The number of nitrogens with zero attached hydrogens (tertiary/aromatic N) is 2. The Bertz CT molecular complexity index is 1600. The van der Waals surface area contributed by atoms with Crippen molar-refractivity contribution in [3.05, 3.63) is 105 Å². The topological polar surface area (TPSA) is 71.4 Å².